The zero-order valence-electron chi connectivity index (χ0n) is 8.86. The minimum atomic E-state index is -0.0951. The van der Waals surface area contributed by atoms with Crippen molar-refractivity contribution in [1.82, 2.24) is 0 Å². The Morgan fingerprint density at radius 1 is 1.60 bits per heavy atom. The maximum atomic E-state index is 10.8. The Kier molecular flexibility index (Phi) is 4.34. The van der Waals surface area contributed by atoms with Gasteiger partial charge in [0.05, 0.1) is 0 Å². The minimum Gasteiger partial charge on any atom is -0.488 e. The summed E-state index contributed by atoms with van der Waals surface area (Å²) >= 11 is 0. The molecule has 0 saturated carbocycles. The topological polar surface area (TPSA) is 50.7 Å². The van der Waals surface area contributed by atoms with E-state index in [1.165, 1.54) is 6.92 Å². The van der Waals surface area contributed by atoms with Gasteiger partial charge in [-0.15, -0.1) is 0 Å². The molecule has 0 heterocycles. The van der Waals surface area contributed by atoms with E-state index in [1.807, 2.05) is 18.2 Å². The largest absolute Gasteiger partial charge is 0.488 e. The van der Waals surface area contributed by atoms with E-state index in [9.17, 15) is 4.79 Å². The highest BCUT2D eigenvalue weighted by Gasteiger charge is 1.97. The molecule has 0 aliphatic carbocycles. The summed E-state index contributed by atoms with van der Waals surface area (Å²) in [6.07, 6.45) is 1.67. The first-order valence-electron chi connectivity index (χ1n) is 4.63. The lowest BCUT2D eigenvalue weighted by Gasteiger charge is -2.05. The Morgan fingerprint density at radius 3 is 3.07 bits per heavy atom. The molecule has 0 spiro atoms. The first-order valence-corrected chi connectivity index (χ1v) is 4.63. The van der Waals surface area contributed by atoms with Crippen LogP contribution in [0.3, 0.4) is 0 Å². The highest BCUT2D eigenvalue weighted by atomic mass is 16.5. The average Bonchev–Trinajstić information content (AvgIpc) is 2.18. The Labute approximate surface area is 89.0 Å². The molecule has 1 aromatic carbocycles. The number of nitrogens with zero attached hydrogens (tertiary/aromatic N) is 1. The van der Waals surface area contributed by atoms with Gasteiger partial charge in [0.15, 0.2) is 0 Å². The van der Waals surface area contributed by atoms with Crippen molar-refractivity contribution in [2.24, 2.45) is 4.99 Å². The number of amides is 1. The standard InChI is InChI=1S/C11H14N2O2/c1-9(14)13-10-4-3-5-11(8-10)15-7-6-12-2/h3-6,8H,7H2,1-2H3,(H,13,14). The zero-order valence-corrected chi connectivity index (χ0v) is 8.86. The van der Waals surface area contributed by atoms with Gasteiger partial charge >= 0.3 is 0 Å². The molecule has 0 saturated heterocycles. The SMILES string of the molecule is CN=CCOc1cccc(NC(C)=O)c1. The van der Waals surface area contributed by atoms with Crippen LogP contribution in [0.25, 0.3) is 0 Å². The van der Waals surface area contributed by atoms with Gasteiger partial charge in [0, 0.05) is 31.9 Å². The molecule has 0 aromatic heterocycles. The van der Waals surface area contributed by atoms with Crippen LogP contribution in [-0.2, 0) is 4.79 Å². The van der Waals surface area contributed by atoms with Gasteiger partial charge in [-0.3, -0.25) is 9.79 Å². The van der Waals surface area contributed by atoms with Gasteiger partial charge in [-0.1, -0.05) is 6.07 Å². The van der Waals surface area contributed by atoms with Crippen molar-refractivity contribution in [3.63, 3.8) is 0 Å². The average molecular weight is 206 g/mol. The predicted molar refractivity (Wildman–Crippen MR) is 60.7 cm³/mol. The first-order chi connectivity index (χ1) is 7.22. The fraction of sp³-hybridized carbons (Fsp3) is 0.273. The van der Waals surface area contributed by atoms with Crippen molar-refractivity contribution in [2.75, 3.05) is 19.0 Å². The van der Waals surface area contributed by atoms with Crippen LogP contribution in [0.1, 0.15) is 6.92 Å². The highest BCUT2D eigenvalue weighted by Crippen LogP contribution is 2.16. The molecule has 0 atom stereocenters. The number of aliphatic imine (C=N–C) groups is 1. The summed E-state index contributed by atoms with van der Waals surface area (Å²) in [5.74, 6) is 0.614. The minimum absolute atomic E-state index is 0.0951. The number of ether oxygens (including phenoxy) is 1. The second kappa shape index (κ2) is 5.80. The molecule has 0 unspecified atom stereocenters. The molecule has 0 bridgehead atoms. The molecular formula is C11H14N2O2. The monoisotopic (exact) mass is 206 g/mol. The molecule has 0 aliphatic rings. The number of nitrogens with one attached hydrogen (secondary N) is 1. The third-order valence-corrected chi connectivity index (χ3v) is 1.66. The molecule has 4 nitrogen and oxygen atoms in total. The van der Waals surface area contributed by atoms with Gasteiger partial charge in [0.2, 0.25) is 5.91 Å². The molecule has 1 amide bonds. The summed E-state index contributed by atoms with van der Waals surface area (Å²) in [5.41, 5.74) is 0.730. The molecule has 1 rings (SSSR count). The smallest absolute Gasteiger partial charge is 0.221 e. The number of rotatable bonds is 4. The summed E-state index contributed by atoms with van der Waals surface area (Å²) in [4.78, 5) is 14.6. The maximum Gasteiger partial charge on any atom is 0.221 e. The van der Waals surface area contributed by atoms with E-state index in [1.54, 1.807) is 19.3 Å². The Hall–Kier alpha value is -1.84. The Bertz CT molecular complexity index is 361. The van der Waals surface area contributed by atoms with Crippen molar-refractivity contribution in [2.45, 2.75) is 6.92 Å². The summed E-state index contributed by atoms with van der Waals surface area (Å²) in [6, 6.07) is 7.23. The molecular weight excluding hydrogens is 192 g/mol. The van der Waals surface area contributed by atoms with Gasteiger partial charge in [-0.2, -0.15) is 0 Å². The summed E-state index contributed by atoms with van der Waals surface area (Å²) in [6.45, 7) is 1.90. The van der Waals surface area contributed by atoms with Crippen molar-refractivity contribution in [3.05, 3.63) is 24.3 Å². The molecule has 0 aliphatic heterocycles. The van der Waals surface area contributed by atoms with E-state index in [0.29, 0.717) is 12.4 Å². The lowest BCUT2D eigenvalue weighted by Crippen LogP contribution is -2.06. The van der Waals surface area contributed by atoms with Crippen LogP contribution in [0.4, 0.5) is 5.69 Å². The van der Waals surface area contributed by atoms with E-state index < -0.39 is 0 Å². The van der Waals surface area contributed by atoms with Crippen molar-refractivity contribution < 1.29 is 9.53 Å². The van der Waals surface area contributed by atoms with Crippen LogP contribution in [0.2, 0.25) is 0 Å². The number of carbonyl (C=O) groups is 1. The molecule has 1 N–H and O–H groups in total. The van der Waals surface area contributed by atoms with Crippen LogP contribution in [0, 0.1) is 0 Å². The van der Waals surface area contributed by atoms with E-state index >= 15 is 0 Å². The summed E-state index contributed by atoms with van der Waals surface area (Å²) < 4.78 is 5.37. The van der Waals surface area contributed by atoms with E-state index in [2.05, 4.69) is 10.3 Å². The molecule has 1 aromatic rings. The first kappa shape index (κ1) is 11.2. The lowest BCUT2D eigenvalue weighted by molar-refractivity contribution is -0.114. The fourth-order valence-corrected chi connectivity index (χ4v) is 1.07. The van der Waals surface area contributed by atoms with Crippen molar-refractivity contribution in [1.29, 1.82) is 0 Å². The lowest BCUT2D eigenvalue weighted by atomic mass is 10.3. The van der Waals surface area contributed by atoms with Gasteiger partial charge in [0.1, 0.15) is 12.4 Å². The Balaban J connectivity index is 2.61. The predicted octanol–water partition coefficient (Wildman–Crippen LogP) is 1.72. The fourth-order valence-electron chi connectivity index (χ4n) is 1.07. The maximum absolute atomic E-state index is 10.8. The summed E-state index contributed by atoms with van der Waals surface area (Å²) in [7, 11) is 1.69. The molecule has 0 fully saturated rings. The van der Waals surface area contributed by atoms with Crippen LogP contribution < -0.4 is 10.1 Å². The van der Waals surface area contributed by atoms with E-state index in [-0.39, 0.29) is 5.91 Å². The number of carbonyl (C=O) groups excluding carboxylic acids is 1. The number of benzene rings is 1. The van der Waals surface area contributed by atoms with Gasteiger partial charge in [-0.25, -0.2) is 0 Å². The number of hydrogen-bond donors (Lipinski definition) is 1. The van der Waals surface area contributed by atoms with E-state index in [4.69, 9.17) is 4.74 Å². The number of anilines is 1. The quantitative estimate of drug-likeness (QED) is 0.762. The van der Waals surface area contributed by atoms with E-state index in [0.717, 1.165) is 5.69 Å². The third kappa shape index (κ3) is 4.26. The van der Waals surface area contributed by atoms with Crippen LogP contribution >= 0.6 is 0 Å². The Morgan fingerprint density at radius 2 is 2.40 bits per heavy atom. The van der Waals surface area contributed by atoms with Crippen LogP contribution in [0.5, 0.6) is 5.75 Å². The second-order valence-corrected chi connectivity index (χ2v) is 2.96. The van der Waals surface area contributed by atoms with Crippen LogP contribution in [-0.4, -0.2) is 25.8 Å². The van der Waals surface area contributed by atoms with Crippen molar-refractivity contribution >= 4 is 17.8 Å². The number of hydrogen-bond acceptors (Lipinski definition) is 3. The van der Waals surface area contributed by atoms with Gasteiger partial charge in [-0.05, 0) is 12.1 Å². The second-order valence-electron chi connectivity index (χ2n) is 2.96. The molecule has 4 heteroatoms. The van der Waals surface area contributed by atoms with Gasteiger partial charge < -0.3 is 10.1 Å². The highest BCUT2D eigenvalue weighted by molar-refractivity contribution is 5.88. The summed E-state index contributed by atoms with van der Waals surface area (Å²) in [5, 5.41) is 2.68. The molecule has 15 heavy (non-hydrogen) atoms. The normalized spacial score (nSPS) is 10.3. The van der Waals surface area contributed by atoms with Gasteiger partial charge in [0.25, 0.3) is 0 Å². The van der Waals surface area contributed by atoms with Crippen LogP contribution in [0.15, 0.2) is 29.3 Å². The third-order valence-electron chi connectivity index (χ3n) is 1.66. The van der Waals surface area contributed by atoms with Crippen molar-refractivity contribution in [3.8, 4) is 5.75 Å². The molecule has 0 radical (unpaired) electrons. The zero-order chi connectivity index (χ0) is 11.1. The molecule has 80 valence electrons.